The minimum atomic E-state index is 0.0727. The van der Waals surface area contributed by atoms with Crippen LogP contribution < -0.4 is 5.32 Å². The third-order valence-electron chi connectivity index (χ3n) is 3.77. The molecule has 0 saturated carbocycles. The van der Waals surface area contributed by atoms with Crippen LogP contribution >= 0.6 is 0 Å². The van der Waals surface area contributed by atoms with Gasteiger partial charge in [-0.1, -0.05) is 0 Å². The highest BCUT2D eigenvalue weighted by Gasteiger charge is 2.26. The third-order valence-corrected chi connectivity index (χ3v) is 3.77. The van der Waals surface area contributed by atoms with Crippen LogP contribution in [0.25, 0.3) is 0 Å². The predicted octanol–water partition coefficient (Wildman–Crippen LogP) is -0.0825. The van der Waals surface area contributed by atoms with Gasteiger partial charge in [0.1, 0.15) is 0 Å². The Balaban J connectivity index is 1.79. The van der Waals surface area contributed by atoms with E-state index in [4.69, 9.17) is 4.74 Å². The average Bonchev–Trinajstić information content (AvgIpc) is 2.40. The second kappa shape index (κ2) is 6.50. The standard InChI is InChI=1S/C13H25N3O2/c1-11(2)16-7-8-18-12(10-16)9-13(17)15-5-3-14-4-6-15/h11-12,14H,3-10H2,1-2H3/t12-/m0/s1. The smallest absolute Gasteiger partial charge is 0.225 e. The summed E-state index contributed by atoms with van der Waals surface area (Å²) in [6.45, 7) is 10.5. The normalized spacial score (nSPS) is 26.6. The average molecular weight is 255 g/mol. The van der Waals surface area contributed by atoms with Crippen molar-refractivity contribution in [3.8, 4) is 0 Å². The van der Waals surface area contributed by atoms with Crippen molar-refractivity contribution in [3.63, 3.8) is 0 Å². The fraction of sp³-hybridized carbons (Fsp3) is 0.923. The number of hydrogen-bond donors (Lipinski definition) is 1. The molecule has 1 amide bonds. The molecule has 0 aromatic carbocycles. The fourth-order valence-electron chi connectivity index (χ4n) is 2.57. The van der Waals surface area contributed by atoms with Gasteiger partial charge in [0.25, 0.3) is 0 Å². The second-order valence-corrected chi connectivity index (χ2v) is 5.42. The third kappa shape index (κ3) is 3.67. The number of rotatable bonds is 3. The number of piperazine rings is 1. The highest BCUT2D eigenvalue weighted by molar-refractivity contribution is 5.76. The van der Waals surface area contributed by atoms with Crippen molar-refractivity contribution in [2.45, 2.75) is 32.4 Å². The predicted molar refractivity (Wildman–Crippen MR) is 70.5 cm³/mol. The zero-order chi connectivity index (χ0) is 13.0. The van der Waals surface area contributed by atoms with Gasteiger partial charge in [-0.2, -0.15) is 0 Å². The Morgan fingerprint density at radius 2 is 2.06 bits per heavy atom. The summed E-state index contributed by atoms with van der Waals surface area (Å²) in [4.78, 5) is 16.5. The number of morpholine rings is 1. The van der Waals surface area contributed by atoms with E-state index in [1.165, 1.54) is 0 Å². The molecule has 2 fully saturated rings. The molecule has 5 heteroatoms. The molecule has 0 bridgehead atoms. The minimum Gasteiger partial charge on any atom is -0.375 e. The van der Waals surface area contributed by atoms with Gasteiger partial charge < -0.3 is 15.0 Å². The molecule has 2 aliphatic heterocycles. The quantitative estimate of drug-likeness (QED) is 0.766. The maximum Gasteiger partial charge on any atom is 0.225 e. The van der Waals surface area contributed by atoms with Gasteiger partial charge in [0.2, 0.25) is 5.91 Å². The molecule has 0 aromatic rings. The van der Waals surface area contributed by atoms with Crippen molar-refractivity contribution in [1.82, 2.24) is 15.1 Å². The molecule has 1 atom stereocenters. The van der Waals surface area contributed by atoms with Crippen molar-refractivity contribution in [2.75, 3.05) is 45.9 Å². The lowest BCUT2D eigenvalue weighted by molar-refractivity contribution is -0.137. The summed E-state index contributed by atoms with van der Waals surface area (Å²) >= 11 is 0. The van der Waals surface area contributed by atoms with E-state index in [2.05, 4.69) is 24.1 Å². The number of ether oxygens (including phenoxy) is 1. The Kier molecular flexibility index (Phi) is 4.97. The lowest BCUT2D eigenvalue weighted by Gasteiger charge is -2.36. The summed E-state index contributed by atoms with van der Waals surface area (Å²) in [5, 5.41) is 3.26. The van der Waals surface area contributed by atoms with Crippen LogP contribution in [-0.4, -0.2) is 73.7 Å². The van der Waals surface area contributed by atoms with Crippen LogP contribution in [0.15, 0.2) is 0 Å². The molecule has 104 valence electrons. The summed E-state index contributed by atoms with van der Waals surface area (Å²) in [6, 6.07) is 0.533. The first kappa shape index (κ1) is 13.8. The lowest BCUT2D eigenvalue weighted by Crippen LogP contribution is -2.50. The van der Waals surface area contributed by atoms with E-state index < -0.39 is 0 Å². The molecule has 18 heavy (non-hydrogen) atoms. The molecule has 1 N–H and O–H groups in total. The first-order valence-electron chi connectivity index (χ1n) is 7.01. The largest absolute Gasteiger partial charge is 0.375 e. The molecule has 0 spiro atoms. The lowest BCUT2D eigenvalue weighted by atomic mass is 10.1. The van der Waals surface area contributed by atoms with E-state index in [-0.39, 0.29) is 12.0 Å². The number of nitrogens with zero attached hydrogens (tertiary/aromatic N) is 2. The molecule has 2 saturated heterocycles. The Bertz CT molecular complexity index is 277. The van der Waals surface area contributed by atoms with Crippen LogP contribution in [0, 0.1) is 0 Å². The molecule has 2 heterocycles. The molecular weight excluding hydrogens is 230 g/mol. The van der Waals surface area contributed by atoms with Crippen molar-refractivity contribution in [3.05, 3.63) is 0 Å². The first-order chi connectivity index (χ1) is 8.66. The molecular formula is C13H25N3O2. The Labute approximate surface area is 109 Å². The van der Waals surface area contributed by atoms with Gasteiger partial charge in [0, 0.05) is 45.3 Å². The van der Waals surface area contributed by atoms with Crippen LogP contribution in [0.4, 0.5) is 0 Å². The molecule has 0 aliphatic carbocycles. The number of amides is 1. The molecule has 0 aromatic heterocycles. The number of carbonyl (C=O) groups is 1. The Morgan fingerprint density at radius 3 is 2.72 bits per heavy atom. The van der Waals surface area contributed by atoms with Crippen molar-refractivity contribution in [1.29, 1.82) is 0 Å². The summed E-state index contributed by atoms with van der Waals surface area (Å²) < 4.78 is 5.72. The topological polar surface area (TPSA) is 44.8 Å². The van der Waals surface area contributed by atoms with E-state index in [0.29, 0.717) is 12.5 Å². The van der Waals surface area contributed by atoms with E-state index in [0.717, 1.165) is 45.9 Å². The number of nitrogens with one attached hydrogen (secondary N) is 1. The monoisotopic (exact) mass is 255 g/mol. The van der Waals surface area contributed by atoms with Crippen molar-refractivity contribution < 1.29 is 9.53 Å². The highest BCUT2D eigenvalue weighted by atomic mass is 16.5. The maximum atomic E-state index is 12.1. The van der Waals surface area contributed by atoms with Crippen molar-refractivity contribution >= 4 is 5.91 Å². The van der Waals surface area contributed by atoms with E-state index >= 15 is 0 Å². The van der Waals surface area contributed by atoms with Crippen LogP contribution in [0.1, 0.15) is 20.3 Å². The Morgan fingerprint density at radius 1 is 1.33 bits per heavy atom. The van der Waals surface area contributed by atoms with Crippen LogP contribution in [-0.2, 0) is 9.53 Å². The van der Waals surface area contributed by atoms with E-state index in [1.807, 2.05) is 4.90 Å². The highest BCUT2D eigenvalue weighted by Crippen LogP contribution is 2.13. The zero-order valence-electron chi connectivity index (χ0n) is 11.5. The number of carbonyl (C=O) groups excluding carboxylic acids is 1. The van der Waals surface area contributed by atoms with Crippen molar-refractivity contribution in [2.24, 2.45) is 0 Å². The van der Waals surface area contributed by atoms with Gasteiger partial charge in [0.15, 0.2) is 0 Å². The van der Waals surface area contributed by atoms with E-state index in [9.17, 15) is 4.79 Å². The maximum absolute atomic E-state index is 12.1. The molecule has 2 rings (SSSR count). The van der Waals surface area contributed by atoms with Gasteiger partial charge in [-0.3, -0.25) is 9.69 Å². The van der Waals surface area contributed by atoms with Gasteiger partial charge in [0.05, 0.1) is 19.1 Å². The summed E-state index contributed by atoms with van der Waals surface area (Å²) in [5.74, 6) is 0.243. The minimum absolute atomic E-state index is 0.0727. The molecule has 0 radical (unpaired) electrons. The first-order valence-corrected chi connectivity index (χ1v) is 7.01. The Hall–Kier alpha value is -0.650. The summed E-state index contributed by atoms with van der Waals surface area (Å²) in [6.07, 6.45) is 0.604. The zero-order valence-corrected chi connectivity index (χ0v) is 11.5. The summed E-state index contributed by atoms with van der Waals surface area (Å²) in [7, 11) is 0. The van der Waals surface area contributed by atoms with Gasteiger partial charge in [-0.25, -0.2) is 0 Å². The molecule has 0 unspecified atom stereocenters. The fourth-order valence-corrected chi connectivity index (χ4v) is 2.57. The van der Waals surface area contributed by atoms with Crippen LogP contribution in [0.3, 0.4) is 0 Å². The van der Waals surface area contributed by atoms with Gasteiger partial charge in [-0.15, -0.1) is 0 Å². The molecule has 5 nitrogen and oxygen atoms in total. The SMILES string of the molecule is CC(C)N1CCO[C@@H](CC(=O)N2CCNCC2)C1. The molecule has 2 aliphatic rings. The van der Waals surface area contributed by atoms with E-state index in [1.54, 1.807) is 0 Å². The van der Waals surface area contributed by atoms with Crippen LogP contribution in [0.2, 0.25) is 0 Å². The summed E-state index contributed by atoms with van der Waals surface area (Å²) in [5.41, 5.74) is 0. The van der Waals surface area contributed by atoms with Gasteiger partial charge in [-0.05, 0) is 13.8 Å². The second-order valence-electron chi connectivity index (χ2n) is 5.42. The van der Waals surface area contributed by atoms with Gasteiger partial charge >= 0.3 is 0 Å². The number of hydrogen-bond acceptors (Lipinski definition) is 4. The van der Waals surface area contributed by atoms with Crippen LogP contribution in [0.5, 0.6) is 0 Å².